The van der Waals surface area contributed by atoms with Crippen LogP contribution in [-0.2, 0) is 9.53 Å². The molecule has 6 nitrogen and oxygen atoms in total. The molecule has 1 atom stereocenters. The van der Waals surface area contributed by atoms with E-state index in [4.69, 9.17) is 4.74 Å². The van der Waals surface area contributed by atoms with Crippen molar-refractivity contribution in [3.63, 3.8) is 0 Å². The Morgan fingerprint density at radius 3 is 2.30 bits per heavy atom. The van der Waals surface area contributed by atoms with Crippen molar-refractivity contribution in [1.29, 1.82) is 5.26 Å². The molecule has 0 radical (unpaired) electrons. The molecular formula is C18H19F3N2O4. The highest BCUT2D eigenvalue weighted by Gasteiger charge is 2.35. The molecule has 1 aliphatic carbocycles. The van der Waals surface area contributed by atoms with Gasteiger partial charge in [0.05, 0.1) is 11.6 Å². The van der Waals surface area contributed by atoms with Gasteiger partial charge in [-0.1, -0.05) is 19.3 Å². The van der Waals surface area contributed by atoms with Gasteiger partial charge in [0.1, 0.15) is 11.3 Å². The Morgan fingerprint density at radius 1 is 1.19 bits per heavy atom. The number of hydrogen-bond acceptors (Lipinski definition) is 5. The van der Waals surface area contributed by atoms with Crippen molar-refractivity contribution in [3.8, 4) is 11.8 Å². The molecule has 146 valence electrons. The van der Waals surface area contributed by atoms with E-state index in [2.05, 4.69) is 16.1 Å². The van der Waals surface area contributed by atoms with Crippen molar-refractivity contribution in [2.24, 2.45) is 0 Å². The fourth-order valence-electron chi connectivity index (χ4n) is 2.83. The van der Waals surface area contributed by atoms with Gasteiger partial charge in [0, 0.05) is 0 Å². The molecule has 1 saturated carbocycles. The third-order valence-electron chi connectivity index (χ3n) is 4.26. The molecule has 0 heterocycles. The maximum atomic E-state index is 12.3. The van der Waals surface area contributed by atoms with Crippen LogP contribution in [-0.4, -0.2) is 29.9 Å². The van der Waals surface area contributed by atoms with Crippen molar-refractivity contribution in [2.45, 2.75) is 57.0 Å². The molecule has 2 rings (SSSR count). The Morgan fingerprint density at radius 2 is 1.78 bits per heavy atom. The van der Waals surface area contributed by atoms with Gasteiger partial charge in [-0.25, -0.2) is 4.79 Å². The van der Waals surface area contributed by atoms with Gasteiger partial charge in [0.25, 0.3) is 5.91 Å². The molecule has 1 aliphatic rings. The van der Waals surface area contributed by atoms with Crippen molar-refractivity contribution >= 4 is 11.9 Å². The predicted octanol–water partition coefficient (Wildman–Crippen LogP) is 3.47. The largest absolute Gasteiger partial charge is 0.573 e. The van der Waals surface area contributed by atoms with Gasteiger partial charge >= 0.3 is 12.3 Å². The number of nitrogens with one attached hydrogen (secondary N) is 1. The number of rotatable bonds is 5. The number of hydrogen-bond donors (Lipinski definition) is 1. The lowest BCUT2D eigenvalue weighted by Gasteiger charge is -2.32. The molecule has 1 amide bonds. The summed E-state index contributed by atoms with van der Waals surface area (Å²) >= 11 is 0. The minimum Gasteiger partial charge on any atom is -0.449 e. The summed E-state index contributed by atoms with van der Waals surface area (Å²) in [6.07, 6.45) is -2.26. The second-order valence-electron chi connectivity index (χ2n) is 6.36. The van der Waals surface area contributed by atoms with Crippen molar-refractivity contribution < 1.29 is 32.2 Å². The summed E-state index contributed by atoms with van der Waals surface area (Å²) in [7, 11) is 0. The van der Waals surface area contributed by atoms with E-state index in [1.807, 2.05) is 0 Å². The number of carbonyl (C=O) groups excluding carboxylic acids is 2. The molecule has 1 fully saturated rings. The van der Waals surface area contributed by atoms with Crippen LogP contribution in [0.3, 0.4) is 0 Å². The number of benzene rings is 1. The average molecular weight is 384 g/mol. The van der Waals surface area contributed by atoms with Crippen LogP contribution in [0.1, 0.15) is 49.4 Å². The fourth-order valence-corrected chi connectivity index (χ4v) is 2.83. The third kappa shape index (κ3) is 5.88. The first-order valence-electron chi connectivity index (χ1n) is 8.44. The van der Waals surface area contributed by atoms with Gasteiger partial charge in [-0.3, -0.25) is 4.79 Å². The van der Waals surface area contributed by atoms with Crippen LogP contribution in [0, 0.1) is 11.3 Å². The number of alkyl halides is 3. The summed E-state index contributed by atoms with van der Waals surface area (Å²) < 4.78 is 45.2. The highest BCUT2D eigenvalue weighted by molar-refractivity contribution is 5.92. The van der Waals surface area contributed by atoms with Crippen LogP contribution in [0.15, 0.2) is 24.3 Å². The van der Waals surface area contributed by atoms with Crippen LogP contribution in [0.2, 0.25) is 0 Å². The zero-order valence-corrected chi connectivity index (χ0v) is 14.6. The summed E-state index contributed by atoms with van der Waals surface area (Å²) in [6.45, 7) is 1.36. The van der Waals surface area contributed by atoms with E-state index in [1.54, 1.807) is 0 Å². The van der Waals surface area contributed by atoms with Crippen LogP contribution >= 0.6 is 0 Å². The molecule has 1 N–H and O–H groups in total. The maximum Gasteiger partial charge on any atom is 0.573 e. The van der Waals surface area contributed by atoms with E-state index in [0.29, 0.717) is 12.8 Å². The van der Waals surface area contributed by atoms with Crippen LogP contribution in [0.5, 0.6) is 5.75 Å². The van der Waals surface area contributed by atoms with Gasteiger partial charge in [0.2, 0.25) is 0 Å². The maximum absolute atomic E-state index is 12.3. The summed E-state index contributed by atoms with van der Waals surface area (Å²) in [6, 6.07) is 6.29. The lowest BCUT2D eigenvalue weighted by molar-refractivity contribution is -0.274. The summed E-state index contributed by atoms with van der Waals surface area (Å²) in [4.78, 5) is 24.3. The Labute approximate surface area is 154 Å². The number of ether oxygens (including phenoxy) is 2. The summed E-state index contributed by atoms with van der Waals surface area (Å²) in [5, 5.41) is 12.0. The lowest BCUT2D eigenvalue weighted by atomic mass is 9.83. The van der Waals surface area contributed by atoms with Crippen LogP contribution in [0.4, 0.5) is 13.2 Å². The monoisotopic (exact) mass is 384 g/mol. The van der Waals surface area contributed by atoms with Gasteiger partial charge < -0.3 is 14.8 Å². The molecule has 0 spiro atoms. The molecule has 27 heavy (non-hydrogen) atoms. The number of esters is 1. The molecule has 0 saturated heterocycles. The zero-order valence-electron chi connectivity index (χ0n) is 14.6. The van der Waals surface area contributed by atoms with Crippen LogP contribution < -0.4 is 10.1 Å². The minimum absolute atomic E-state index is 0.0307. The number of halogens is 3. The first-order chi connectivity index (χ1) is 12.6. The number of nitrogens with zero attached hydrogens (tertiary/aromatic N) is 1. The second kappa shape index (κ2) is 8.29. The fraction of sp³-hybridized carbons (Fsp3) is 0.500. The molecule has 9 heteroatoms. The van der Waals surface area contributed by atoms with E-state index in [9.17, 15) is 28.0 Å². The second-order valence-corrected chi connectivity index (χ2v) is 6.36. The van der Waals surface area contributed by atoms with Gasteiger partial charge in [0.15, 0.2) is 6.10 Å². The topological polar surface area (TPSA) is 88.4 Å². The van der Waals surface area contributed by atoms with E-state index in [0.717, 1.165) is 43.5 Å². The predicted molar refractivity (Wildman–Crippen MR) is 87.6 cm³/mol. The number of amides is 1. The van der Waals surface area contributed by atoms with E-state index in [-0.39, 0.29) is 5.56 Å². The van der Waals surface area contributed by atoms with E-state index < -0.39 is 35.6 Å². The standard InChI is InChI=1S/C18H19F3N2O4/c1-12(15(24)23-17(11-22)9-3-2-4-10-17)26-16(25)13-5-7-14(8-6-13)27-18(19,20)21/h5-8,12H,2-4,9-10H2,1H3,(H,23,24)/t12-/m0/s1. The highest BCUT2D eigenvalue weighted by Crippen LogP contribution is 2.28. The Balaban J connectivity index is 1.94. The lowest BCUT2D eigenvalue weighted by Crippen LogP contribution is -2.52. The third-order valence-corrected chi connectivity index (χ3v) is 4.26. The molecule has 0 aliphatic heterocycles. The summed E-state index contributed by atoms with van der Waals surface area (Å²) in [5.74, 6) is -1.94. The number of carbonyl (C=O) groups is 2. The smallest absolute Gasteiger partial charge is 0.449 e. The first-order valence-corrected chi connectivity index (χ1v) is 8.44. The Hall–Kier alpha value is -2.76. The van der Waals surface area contributed by atoms with Crippen molar-refractivity contribution in [1.82, 2.24) is 5.32 Å². The molecule has 0 aromatic heterocycles. The molecular weight excluding hydrogens is 365 g/mol. The Kier molecular flexibility index (Phi) is 6.31. The quantitative estimate of drug-likeness (QED) is 0.786. The van der Waals surface area contributed by atoms with Crippen molar-refractivity contribution in [3.05, 3.63) is 29.8 Å². The van der Waals surface area contributed by atoms with E-state index >= 15 is 0 Å². The molecule has 0 unspecified atom stereocenters. The van der Waals surface area contributed by atoms with Gasteiger partial charge in [-0.15, -0.1) is 13.2 Å². The van der Waals surface area contributed by atoms with E-state index in [1.165, 1.54) is 6.92 Å². The first kappa shape index (κ1) is 20.6. The van der Waals surface area contributed by atoms with Crippen LogP contribution in [0.25, 0.3) is 0 Å². The molecule has 1 aromatic carbocycles. The molecule has 0 bridgehead atoms. The number of nitriles is 1. The van der Waals surface area contributed by atoms with Gasteiger partial charge in [-0.05, 0) is 44.0 Å². The van der Waals surface area contributed by atoms with Gasteiger partial charge in [-0.2, -0.15) is 5.26 Å². The normalized spacial score (nSPS) is 17.3. The highest BCUT2D eigenvalue weighted by atomic mass is 19.4. The zero-order chi connectivity index (χ0) is 20.1. The molecule has 1 aromatic rings. The van der Waals surface area contributed by atoms with Crippen molar-refractivity contribution in [2.75, 3.05) is 0 Å². The summed E-state index contributed by atoms with van der Waals surface area (Å²) in [5.41, 5.74) is -0.983. The average Bonchev–Trinajstić information content (AvgIpc) is 2.61. The minimum atomic E-state index is -4.83. The Bertz CT molecular complexity index is 720. The SMILES string of the molecule is C[C@H](OC(=O)c1ccc(OC(F)(F)F)cc1)C(=O)NC1(C#N)CCCCC1.